The second-order valence-corrected chi connectivity index (χ2v) is 19.8. The minimum Gasteiger partial charge on any atom is -0.358 e. The zero-order valence-electron chi connectivity index (χ0n) is 58.3. The van der Waals surface area contributed by atoms with E-state index < -0.39 is 0 Å². The van der Waals surface area contributed by atoms with Gasteiger partial charge in [-0.1, -0.05) is 239 Å². The monoisotopic (exact) mass is 1380 g/mol. The number of nitrogens with zero attached hydrogens (tertiary/aromatic N) is 3. The molecule has 8 aromatic carbocycles. The standard InChI is InChI=1S/C19H22NXe.2C13H11N.2C9H12.C3H8.6C2H6.CH3.La/c1-8-9(2)12(5)17-15(11(8)4)16-18(20-17)13(6)10(3)14(7)19(16)21;2*1-14-12-8-4-2-6-10(12)11-7-3-5-9-13(11)14;2*1-3-9-7-5-4-6-8(9)2;1-3-2;6*1-2;;/h21H,1-7H3;2*2-9H,1H3;2*4-7H,3H2,1-2H3;3H2,1-2H3;6*1-2H3;1H3;/q-1;;;;;;;;;;;;-1;. The van der Waals surface area contributed by atoms with E-state index in [0.717, 1.165) is 12.8 Å². The normalized spacial score (nSPS) is 9.39. The Morgan fingerprint density at radius 3 is 0.845 bits per heavy atom. The minimum atomic E-state index is 0. The molecule has 84 heavy (non-hydrogen) atoms. The van der Waals surface area contributed by atoms with Crippen molar-refractivity contribution in [3.8, 4) is 0 Å². The van der Waals surface area contributed by atoms with Gasteiger partial charge in [0.15, 0.2) is 0 Å². The predicted octanol–water partition coefficient (Wildman–Crippen LogP) is 23.8. The predicted molar refractivity (Wildman–Crippen MR) is 381 cm³/mol. The first kappa shape index (κ1) is 84.1. The fourth-order valence-corrected chi connectivity index (χ4v) is 10.5. The minimum absolute atomic E-state index is 0. The Morgan fingerprint density at radius 2 is 0.571 bits per heavy atom. The van der Waals surface area contributed by atoms with Crippen molar-refractivity contribution in [3.05, 3.63) is 214 Å². The van der Waals surface area contributed by atoms with E-state index >= 15 is 0 Å². The van der Waals surface area contributed by atoms with Crippen molar-refractivity contribution >= 4 is 65.4 Å². The number of aromatic nitrogens is 3. The number of fused-ring (bicyclic) bond motifs is 9. The van der Waals surface area contributed by atoms with Gasteiger partial charge in [0, 0.05) is 93.3 Å². The van der Waals surface area contributed by atoms with Crippen molar-refractivity contribution in [2.75, 3.05) is 0 Å². The van der Waals surface area contributed by atoms with Gasteiger partial charge >= 0.3 is 161 Å². The van der Waals surface area contributed by atoms with E-state index in [1.807, 2.05) is 83.1 Å². The van der Waals surface area contributed by atoms with E-state index in [1.54, 1.807) is 0 Å². The van der Waals surface area contributed by atoms with E-state index in [9.17, 15) is 0 Å². The fourth-order valence-electron chi connectivity index (χ4n) is 9.57. The second kappa shape index (κ2) is 46.1. The third-order valence-electron chi connectivity index (χ3n) is 14.3. The van der Waals surface area contributed by atoms with Crippen molar-refractivity contribution in [3.63, 3.8) is 0 Å². The van der Waals surface area contributed by atoms with Crippen LogP contribution in [0.4, 0.5) is 0 Å². The van der Waals surface area contributed by atoms with E-state index in [-0.39, 0.29) is 43.0 Å². The molecule has 0 saturated heterocycles. The SMILES string of the molecule is CC.CC.CC.CC.CC.CC.CCC.CCc1ccccc1C.CCc1ccccc1C.Cc1c(C)c(C)c2c([n-]c3c(C)c(C)c(C)c([XeH])c32)c1C.Cn1c2ccccc2c2ccccc21.Cn1c2ccccc2c2ccccc21.[CH3-].[La]. The van der Waals surface area contributed by atoms with Crippen LogP contribution in [-0.2, 0) is 26.9 Å². The number of hydrogen-bond donors (Lipinski definition) is 0. The molecule has 0 atom stereocenters. The van der Waals surface area contributed by atoms with Gasteiger partial charge in [0.1, 0.15) is 0 Å². The number of benzene rings is 8. The maximum Gasteiger partial charge on any atom is 0.0488 e. The van der Waals surface area contributed by atoms with Crippen LogP contribution in [0.3, 0.4) is 0 Å². The summed E-state index contributed by atoms with van der Waals surface area (Å²) in [6, 6.07) is 51.1. The number of hydrogen-bond acceptors (Lipinski definition) is 0. The molecule has 3 nitrogen and oxygen atoms in total. The third-order valence-corrected chi connectivity index (χ3v) is 15.7. The maximum atomic E-state index is 5.04. The molecule has 459 valence electrons. The third kappa shape index (κ3) is 21.7. The van der Waals surface area contributed by atoms with Crippen LogP contribution in [0.25, 0.3) is 65.4 Å². The van der Waals surface area contributed by atoms with E-state index in [2.05, 4.69) is 305 Å². The smallest absolute Gasteiger partial charge is 0.0488 e. The molecule has 11 aromatic rings. The van der Waals surface area contributed by atoms with Gasteiger partial charge < -0.3 is 16.6 Å². The molecular formula is C79H115LaN3Xe-2. The van der Waals surface area contributed by atoms with Crippen LogP contribution in [-0.4, -0.2) is 9.13 Å². The van der Waals surface area contributed by atoms with Gasteiger partial charge in [-0.25, -0.2) is 0 Å². The van der Waals surface area contributed by atoms with Crippen molar-refractivity contribution in [2.24, 2.45) is 14.1 Å². The van der Waals surface area contributed by atoms with Crippen LogP contribution in [0.5, 0.6) is 0 Å². The molecule has 11 rings (SSSR count). The molecule has 1 radical (unpaired) electrons. The number of aryl methyl sites for hydroxylation is 9. The Kier molecular flexibility index (Phi) is 46.2. The Labute approximate surface area is 575 Å². The molecule has 5 heteroatoms. The van der Waals surface area contributed by atoms with Gasteiger partial charge in [0.25, 0.3) is 0 Å². The molecule has 0 amide bonds. The molecule has 0 aliphatic rings. The van der Waals surface area contributed by atoms with E-state index in [1.165, 1.54) is 133 Å². The quantitative estimate of drug-likeness (QED) is 0.158. The van der Waals surface area contributed by atoms with Crippen molar-refractivity contribution < 1.29 is 82.1 Å². The van der Waals surface area contributed by atoms with Crippen molar-refractivity contribution in [1.29, 1.82) is 0 Å². The second-order valence-electron chi connectivity index (χ2n) is 18.7. The van der Waals surface area contributed by atoms with Gasteiger partial charge in [-0.3, -0.25) is 0 Å². The van der Waals surface area contributed by atoms with Crippen LogP contribution in [0.1, 0.15) is 178 Å². The maximum absolute atomic E-state index is 5.04. The van der Waals surface area contributed by atoms with E-state index in [0.29, 0.717) is 0 Å². The zero-order valence-corrected chi connectivity index (χ0v) is 64.1. The van der Waals surface area contributed by atoms with Crippen LogP contribution in [0.2, 0.25) is 0 Å². The summed E-state index contributed by atoms with van der Waals surface area (Å²) >= 11 is 2.50. The first-order valence-corrected chi connectivity index (χ1v) is 32.3. The summed E-state index contributed by atoms with van der Waals surface area (Å²) in [5.74, 6) is 0. The van der Waals surface area contributed by atoms with Crippen LogP contribution in [0.15, 0.2) is 146 Å². The summed E-state index contributed by atoms with van der Waals surface area (Å²) in [6.07, 6.45) is 3.54. The molecule has 3 aromatic heterocycles. The van der Waals surface area contributed by atoms with Crippen LogP contribution in [0, 0.1) is 152 Å². The Morgan fingerprint density at radius 1 is 0.333 bits per heavy atom. The Balaban J connectivity index is -0.000000940. The first-order valence-electron chi connectivity index (χ1n) is 31.2. The largest absolute Gasteiger partial charge is 0.358 e. The molecule has 0 aliphatic heterocycles. The van der Waals surface area contributed by atoms with Gasteiger partial charge in [0.2, 0.25) is 0 Å². The van der Waals surface area contributed by atoms with Gasteiger partial charge in [-0.05, 0) is 73.2 Å². The molecule has 0 spiro atoms. The number of rotatable bonds is 2. The molecule has 0 bridgehead atoms. The van der Waals surface area contributed by atoms with Crippen molar-refractivity contribution in [2.45, 2.75) is 192 Å². The Hall–Kier alpha value is -4.07. The summed E-state index contributed by atoms with van der Waals surface area (Å²) < 4.78 is 5.84. The average Bonchev–Trinajstić information content (AvgIpc) is 4.24. The van der Waals surface area contributed by atoms with Gasteiger partial charge in [0.05, 0.1) is 0 Å². The van der Waals surface area contributed by atoms with Gasteiger partial charge in [-0.2, -0.15) is 0 Å². The summed E-state index contributed by atoms with van der Waals surface area (Å²) in [7, 11) is 4.23. The number of para-hydroxylation sites is 4. The Bertz CT molecular complexity index is 3210. The molecular weight excluding hydrogens is 1260 g/mol. The zero-order chi connectivity index (χ0) is 62.8. The van der Waals surface area contributed by atoms with Gasteiger partial charge in [-0.15, -0.1) is 0 Å². The molecule has 0 aliphatic carbocycles. The van der Waals surface area contributed by atoms with E-state index in [4.69, 9.17) is 4.98 Å². The summed E-state index contributed by atoms with van der Waals surface area (Å²) in [4.78, 5) is 5.04. The van der Waals surface area contributed by atoms with Crippen LogP contribution >= 0.6 is 0 Å². The molecule has 0 unspecified atom stereocenters. The molecule has 0 saturated carbocycles. The van der Waals surface area contributed by atoms with Crippen LogP contribution < -0.4 is 5.02 Å². The summed E-state index contributed by atoms with van der Waals surface area (Å²) in [6.45, 7) is 52.5. The van der Waals surface area contributed by atoms with Crippen molar-refractivity contribution in [1.82, 2.24) is 14.1 Å². The topological polar surface area (TPSA) is 24.0 Å². The average molecular weight is 1380 g/mol. The molecule has 0 fully saturated rings. The first-order chi connectivity index (χ1) is 39.6. The summed E-state index contributed by atoms with van der Waals surface area (Å²) in [5.41, 5.74) is 22.9. The molecule has 3 heterocycles. The summed E-state index contributed by atoms with van der Waals surface area (Å²) in [5, 5.41) is 8.07. The fraction of sp³-hybridized carbons (Fsp3) is 0.380. The molecule has 0 N–H and O–H groups in total.